The predicted octanol–water partition coefficient (Wildman–Crippen LogP) is 2.35. The summed E-state index contributed by atoms with van der Waals surface area (Å²) in [7, 11) is 1.73. The summed E-state index contributed by atoms with van der Waals surface area (Å²) in [6.07, 6.45) is 0.656. The van der Waals surface area contributed by atoms with Crippen molar-refractivity contribution in [2.24, 2.45) is 7.05 Å². The van der Waals surface area contributed by atoms with Crippen LogP contribution in [0.5, 0.6) is 5.75 Å². The van der Waals surface area contributed by atoms with Gasteiger partial charge in [-0.05, 0) is 30.4 Å². The Balaban J connectivity index is 1.54. The van der Waals surface area contributed by atoms with Crippen molar-refractivity contribution in [3.8, 4) is 11.8 Å². The second kappa shape index (κ2) is 8.20. The van der Waals surface area contributed by atoms with Crippen LogP contribution in [0.15, 0.2) is 23.6 Å². The van der Waals surface area contributed by atoms with Crippen molar-refractivity contribution in [1.82, 2.24) is 15.1 Å². The molecule has 0 radical (unpaired) electrons. The molecule has 2 N–H and O–H groups in total. The molecule has 1 aromatic carbocycles. The van der Waals surface area contributed by atoms with Gasteiger partial charge in [-0.2, -0.15) is 10.4 Å². The van der Waals surface area contributed by atoms with E-state index in [0.717, 1.165) is 10.9 Å². The zero-order valence-corrected chi connectivity index (χ0v) is 17.7. The Morgan fingerprint density at radius 3 is 3.00 bits per heavy atom. The summed E-state index contributed by atoms with van der Waals surface area (Å²) in [4.78, 5) is 36.1. The Hall–Kier alpha value is -3.71. The molecule has 158 valence electrons. The van der Waals surface area contributed by atoms with Crippen LogP contribution in [-0.4, -0.2) is 34.1 Å². The van der Waals surface area contributed by atoms with Crippen molar-refractivity contribution >= 4 is 45.0 Å². The molecule has 0 spiro atoms. The number of piperidine rings is 1. The lowest BCUT2D eigenvalue weighted by Gasteiger charge is -2.19. The number of fused-ring (bicyclic) bond motifs is 1. The van der Waals surface area contributed by atoms with Gasteiger partial charge in [-0.25, -0.2) is 0 Å². The van der Waals surface area contributed by atoms with Gasteiger partial charge in [-0.1, -0.05) is 12.1 Å². The quantitative estimate of drug-likeness (QED) is 0.590. The second-order valence-electron chi connectivity index (χ2n) is 7.24. The van der Waals surface area contributed by atoms with Crippen molar-refractivity contribution < 1.29 is 19.1 Å². The van der Waals surface area contributed by atoms with Gasteiger partial charge in [-0.3, -0.25) is 24.4 Å². The van der Waals surface area contributed by atoms with E-state index in [1.165, 1.54) is 11.3 Å². The zero-order valence-electron chi connectivity index (χ0n) is 16.9. The number of amides is 3. The van der Waals surface area contributed by atoms with E-state index in [1.807, 2.05) is 18.4 Å². The molecule has 9 nitrogen and oxygen atoms in total. The van der Waals surface area contributed by atoms with E-state index in [4.69, 9.17) is 4.74 Å². The number of aryl methyl sites for hydroxylation is 2. The van der Waals surface area contributed by atoms with Gasteiger partial charge < -0.3 is 10.1 Å². The number of aromatic nitrogens is 2. The molecular formula is C21H19N5O4S. The van der Waals surface area contributed by atoms with Crippen LogP contribution in [0.2, 0.25) is 0 Å². The van der Waals surface area contributed by atoms with Crippen LogP contribution in [0.4, 0.5) is 5.00 Å². The van der Waals surface area contributed by atoms with E-state index in [1.54, 1.807) is 23.9 Å². The van der Waals surface area contributed by atoms with Gasteiger partial charge in [0, 0.05) is 18.9 Å². The molecule has 10 heteroatoms. The third kappa shape index (κ3) is 3.87. The number of benzene rings is 1. The highest BCUT2D eigenvalue weighted by Gasteiger charge is 2.32. The smallest absolute Gasteiger partial charge is 0.262 e. The maximum Gasteiger partial charge on any atom is 0.262 e. The Morgan fingerprint density at radius 2 is 2.26 bits per heavy atom. The first-order valence-corrected chi connectivity index (χ1v) is 10.5. The number of hydrogen-bond acceptors (Lipinski definition) is 7. The van der Waals surface area contributed by atoms with E-state index in [-0.39, 0.29) is 30.7 Å². The third-order valence-corrected chi connectivity index (χ3v) is 6.14. The number of nitrogens with zero attached hydrogens (tertiary/aromatic N) is 3. The average molecular weight is 437 g/mol. The first kappa shape index (κ1) is 20.6. The van der Waals surface area contributed by atoms with E-state index < -0.39 is 5.92 Å². The average Bonchev–Trinajstić information content (AvgIpc) is 3.26. The molecule has 1 unspecified atom stereocenters. The molecule has 0 aliphatic carbocycles. The van der Waals surface area contributed by atoms with Gasteiger partial charge in [0.25, 0.3) is 5.91 Å². The number of nitrogens with one attached hydrogen (secondary N) is 2. The standard InChI is InChI=1S/C21H19N5O4S/c1-11-10-31-21(14(11)8-22)24-17(28)9-30-15-5-3-4-12-18(25-26(2)19(12)15)13-6-7-16(27)23-20(13)29/h3-5,10,13H,6-7,9H2,1-2H3,(H,24,28)(H,23,27,29). The Kier molecular flexibility index (Phi) is 5.44. The molecule has 1 aliphatic heterocycles. The maximum absolute atomic E-state index is 12.4. The lowest BCUT2D eigenvalue weighted by Crippen LogP contribution is -2.39. The summed E-state index contributed by atoms with van der Waals surface area (Å²) < 4.78 is 7.36. The van der Waals surface area contributed by atoms with E-state index >= 15 is 0 Å². The molecule has 31 heavy (non-hydrogen) atoms. The van der Waals surface area contributed by atoms with Crippen LogP contribution in [0.25, 0.3) is 10.9 Å². The number of hydrogen-bond donors (Lipinski definition) is 2. The zero-order chi connectivity index (χ0) is 22.1. The summed E-state index contributed by atoms with van der Waals surface area (Å²) >= 11 is 1.29. The highest BCUT2D eigenvalue weighted by Crippen LogP contribution is 2.34. The van der Waals surface area contributed by atoms with Gasteiger partial charge in [0.15, 0.2) is 6.61 Å². The second-order valence-corrected chi connectivity index (χ2v) is 8.12. The largest absolute Gasteiger partial charge is 0.481 e. The van der Waals surface area contributed by atoms with Crippen LogP contribution < -0.4 is 15.4 Å². The minimum Gasteiger partial charge on any atom is -0.481 e. The van der Waals surface area contributed by atoms with Gasteiger partial charge in [0.1, 0.15) is 22.3 Å². The molecular weight excluding hydrogens is 418 g/mol. The van der Waals surface area contributed by atoms with E-state index in [9.17, 15) is 19.6 Å². The molecule has 3 amide bonds. The monoisotopic (exact) mass is 437 g/mol. The predicted molar refractivity (Wildman–Crippen MR) is 114 cm³/mol. The molecule has 1 fully saturated rings. The fourth-order valence-electron chi connectivity index (χ4n) is 3.64. The molecule has 1 aliphatic rings. The lowest BCUT2D eigenvalue weighted by molar-refractivity contribution is -0.134. The number of carbonyl (C=O) groups excluding carboxylic acids is 3. The van der Waals surface area contributed by atoms with E-state index in [2.05, 4.69) is 21.8 Å². The number of ether oxygens (including phenoxy) is 1. The van der Waals surface area contributed by atoms with Crippen LogP contribution in [-0.2, 0) is 21.4 Å². The molecule has 1 atom stereocenters. The Bertz CT molecular complexity index is 1250. The van der Waals surface area contributed by atoms with E-state index in [0.29, 0.717) is 33.9 Å². The third-order valence-electron chi connectivity index (χ3n) is 5.12. The van der Waals surface area contributed by atoms with Crippen molar-refractivity contribution in [2.45, 2.75) is 25.7 Å². The fraction of sp³-hybridized carbons (Fsp3) is 0.286. The van der Waals surface area contributed by atoms with Gasteiger partial charge >= 0.3 is 0 Å². The molecule has 1 saturated heterocycles. The normalized spacial score (nSPS) is 16.1. The maximum atomic E-state index is 12.4. The van der Waals surface area contributed by atoms with Crippen LogP contribution in [0.3, 0.4) is 0 Å². The van der Waals surface area contributed by atoms with Gasteiger partial charge in [-0.15, -0.1) is 11.3 Å². The molecule has 0 bridgehead atoms. The first-order chi connectivity index (χ1) is 14.9. The molecule has 0 saturated carbocycles. The summed E-state index contributed by atoms with van der Waals surface area (Å²) in [6, 6.07) is 7.41. The number of para-hydroxylation sites is 1. The van der Waals surface area contributed by atoms with Crippen molar-refractivity contribution in [3.05, 3.63) is 40.4 Å². The highest BCUT2D eigenvalue weighted by atomic mass is 32.1. The SMILES string of the molecule is Cc1csc(NC(=O)COc2cccc3c(C4CCC(=O)NC4=O)nn(C)c23)c1C#N. The first-order valence-electron chi connectivity index (χ1n) is 9.59. The van der Waals surface area contributed by atoms with Crippen molar-refractivity contribution in [2.75, 3.05) is 11.9 Å². The summed E-state index contributed by atoms with van der Waals surface area (Å²) in [5.41, 5.74) is 2.48. The van der Waals surface area contributed by atoms with Gasteiger partial charge in [0.2, 0.25) is 11.8 Å². The molecule has 3 aromatic rings. The molecule has 2 aromatic heterocycles. The number of anilines is 1. The number of nitriles is 1. The minimum absolute atomic E-state index is 0.250. The Labute approximate surface area is 181 Å². The van der Waals surface area contributed by atoms with Crippen LogP contribution in [0, 0.1) is 18.3 Å². The number of thiophene rings is 1. The summed E-state index contributed by atoms with van der Waals surface area (Å²) in [5.74, 6) is -1.10. The number of rotatable bonds is 5. The van der Waals surface area contributed by atoms with Crippen molar-refractivity contribution in [1.29, 1.82) is 5.26 Å². The summed E-state index contributed by atoms with van der Waals surface area (Å²) in [6.45, 7) is 1.56. The molecule has 4 rings (SSSR count). The lowest BCUT2D eigenvalue weighted by atomic mass is 9.93. The molecule has 3 heterocycles. The highest BCUT2D eigenvalue weighted by molar-refractivity contribution is 7.14. The fourth-order valence-corrected chi connectivity index (χ4v) is 4.55. The Morgan fingerprint density at radius 1 is 1.45 bits per heavy atom. The van der Waals surface area contributed by atoms with Crippen LogP contribution in [0.1, 0.15) is 35.6 Å². The summed E-state index contributed by atoms with van der Waals surface area (Å²) in [5, 5.41) is 21.8. The number of imide groups is 1. The van der Waals surface area contributed by atoms with Crippen LogP contribution >= 0.6 is 11.3 Å². The minimum atomic E-state index is -0.522. The number of carbonyl (C=O) groups is 3. The van der Waals surface area contributed by atoms with Crippen molar-refractivity contribution in [3.63, 3.8) is 0 Å². The van der Waals surface area contributed by atoms with Gasteiger partial charge in [0.05, 0.1) is 17.2 Å². The topological polar surface area (TPSA) is 126 Å².